The van der Waals surface area contributed by atoms with Gasteiger partial charge in [-0.15, -0.1) is 0 Å². The lowest BCUT2D eigenvalue weighted by atomic mass is 9.83. The first kappa shape index (κ1) is 19.3. The van der Waals surface area contributed by atoms with Crippen LogP contribution in [0.1, 0.15) is 25.3 Å². The molecule has 0 atom stereocenters. The summed E-state index contributed by atoms with van der Waals surface area (Å²) in [5.74, 6) is 0.527. The number of rotatable bonds is 4. The zero-order valence-electron chi connectivity index (χ0n) is 18.0. The van der Waals surface area contributed by atoms with E-state index in [1.165, 1.54) is 49.7 Å². The first-order chi connectivity index (χ1) is 15.2. The van der Waals surface area contributed by atoms with Crippen molar-refractivity contribution < 1.29 is 0 Å². The molecule has 0 saturated heterocycles. The number of hydrogen-bond donors (Lipinski definition) is 0. The minimum atomic E-state index is 0.527. The molecule has 0 heterocycles. The molecule has 5 aromatic carbocycles. The Hall–Kier alpha value is -3.64. The van der Waals surface area contributed by atoms with E-state index in [0.29, 0.717) is 5.92 Å². The van der Waals surface area contributed by atoms with Crippen molar-refractivity contribution in [1.82, 2.24) is 0 Å². The van der Waals surface area contributed by atoms with Gasteiger partial charge in [0.25, 0.3) is 0 Å². The molecule has 0 spiro atoms. The Morgan fingerprint density at radius 2 is 1.03 bits per heavy atom. The van der Waals surface area contributed by atoms with Crippen molar-refractivity contribution in [2.45, 2.75) is 19.8 Å². The monoisotopic (exact) mass is 398 g/mol. The van der Waals surface area contributed by atoms with Crippen LogP contribution in [0.5, 0.6) is 0 Å². The van der Waals surface area contributed by atoms with Gasteiger partial charge in [-0.2, -0.15) is 0 Å². The maximum Gasteiger partial charge on any atom is -0.00204 e. The Morgan fingerprint density at radius 1 is 0.484 bits per heavy atom. The molecule has 0 N–H and O–H groups in total. The van der Waals surface area contributed by atoms with Crippen LogP contribution in [-0.2, 0) is 0 Å². The fourth-order valence-corrected chi connectivity index (χ4v) is 4.43. The summed E-state index contributed by atoms with van der Waals surface area (Å²) < 4.78 is 0. The van der Waals surface area contributed by atoms with Crippen LogP contribution in [0.25, 0.3) is 44.2 Å². The highest BCUT2D eigenvalue weighted by Crippen LogP contribution is 2.44. The molecule has 0 unspecified atom stereocenters. The van der Waals surface area contributed by atoms with Gasteiger partial charge in [0.1, 0.15) is 0 Å². The lowest BCUT2D eigenvalue weighted by molar-refractivity contribution is 0.867. The number of fused-ring (bicyclic) bond motifs is 1. The van der Waals surface area contributed by atoms with E-state index in [1.807, 2.05) is 0 Å². The van der Waals surface area contributed by atoms with Gasteiger partial charge in [0.15, 0.2) is 0 Å². The Balaban J connectivity index is 1.89. The third-order valence-corrected chi connectivity index (χ3v) is 6.06. The van der Waals surface area contributed by atoms with E-state index < -0.39 is 0 Å². The third-order valence-electron chi connectivity index (χ3n) is 6.06. The SMILES string of the molecule is CC(C)c1ccc(-c2cc3ccccc3c(-c3ccccc3)c2-c2ccccc2)cc1. The molecule has 31 heavy (non-hydrogen) atoms. The molecule has 150 valence electrons. The van der Waals surface area contributed by atoms with Gasteiger partial charge in [-0.3, -0.25) is 0 Å². The summed E-state index contributed by atoms with van der Waals surface area (Å²) in [6.45, 7) is 4.49. The first-order valence-electron chi connectivity index (χ1n) is 11.0. The fourth-order valence-electron chi connectivity index (χ4n) is 4.43. The van der Waals surface area contributed by atoms with Crippen molar-refractivity contribution in [3.63, 3.8) is 0 Å². The van der Waals surface area contributed by atoms with Gasteiger partial charge < -0.3 is 0 Å². The summed E-state index contributed by atoms with van der Waals surface area (Å²) >= 11 is 0. The van der Waals surface area contributed by atoms with Crippen molar-refractivity contribution in [3.8, 4) is 33.4 Å². The Kier molecular flexibility index (Phi) is 5.14. The van der Waals surface area contributed by atoms with E-state index in [4.69, 9.17) is 0 Å². The van der Waals surface area contributed by atoms with Gasteiger partial charge in [-0.1, -0.05) is 123 Å². The number of benzene rings is 5. The van der Waals surface area contributed by atoms with Crippen LogP contribution in [0, 0.1) is 0 Å². The molecule has 0 nitrogen and oxygen atoms in total. The topological polar surface area (TPSA) is 0 Å². The highest BCUT2D eigenvalue weighted by Gasteiger charge is 2.18. The molecule has 0 aromatic heterocycles. The highest BCUT2D eigenvalue weighted by atomic mass is 14.2. The van der Waals surface area contributed by atoms with Crippen molar-refractivity contribution in [3.05, 3.63) is 121 Å². The van der Waals surface area contributed by atoms with Gasteiger partial charge in [-0.25, -0.2) is 0 Å². The van der Waals surface area contributed by atoms with Crippen LogP contribution < -0.4 is 0 Å². The smallest absolute Gasteiger partial charge is 0.00204 e. The molecule has 0 saturated carbocycles. The van der Waals surface area contributed by atoms with E-state index in [9.17, 15) is 0 Å². The fraction of sp³-hybridized carbons (Fsp3) is 0.0968. The van der Waals surface area contributed by atoms with E-state index >= 15 is 0 Å². The standard InChI is InChI=1S/C31H26/c1-22(2)23-17-19-24(20-18-23)29-21-27-15-9-10-16-28(27)30(25-11-5-3-6-12-25)31(29)26-13-7-4-8-14-26/h3-22H,1-2H3. The maximum absolute atomic E-state index is 2.36. The van der Waals surface area contributed by atoms with Gasteiger partial charge >= 0.3 is 0 Å². The third kappa shape index (κ3) is 3.66. The molecule has 5 rings (SSSR count). The van der Waals surface area contributed by atoms with Crippen LogP contribution in [0.3, 0.4) is 0 Å². The summed E-state index contributed by atoms with van der Waals surface area (Å²) in [7, 11) is 0. The summed E-state index contributed by atoms with van der Waals surface area (Å²) in [5.41, 5.74) is 8.99. The summed E-state index contributed by atoms with van der Waals surface area (Å²) in [5, 5.41) is 2.55. The normalized spacial score (nSPS) is 11.2. The van der Waals surface area contributed by atoms with Crippen molar-refractivity contribution >= 4 is 10.8 Å². The molecule has 0 aliphatic rings. The molecule has 0 fully saturated rings. The molecule has 0 bridgehead atoms. The highest BCUT2D eigenvalue weighted by molar-refractivity contribution is 6.09. The molecule has 0 aliphatic heterocycles. The van der Waals surface area contributed by atoms with Crippen molar-refractivity contribution in [2.75, 3.05) is 0 Å². The molecule has 5 aromatic rings. The molecule has 0 amide bonds. The van der Waals surface area contributed by atoms with Crippen molar-refractivity contribution in [2.24, 2.45) is 0 Å². The molecule has 0 aliphatic carbocycles. The van der Waals surface area contributed by atoms with E-state index in [0.717, 1.165) is 0 Å². The molecular weight excluding hydrogens is 372 g/mol. The Bertz CT molecular complexity index is 1310. The predicted molar refractivity (Wildman–Crippen MR) is 134 cm³/mol. The van der Waals surface area contributed by atoms with E-state index in [2.05, 4.69) is 129 Å². The van der Waals surface area contributed by atoms with Crippen LogP contribution in [0.4, 0.5) is 0 Å². The average molecular weight is 399 g/mol. The second kappa shape index (κ2) is 8.24. The van der Waals surface area contributed by atoms with Crippen LogP contribution in [0.2, 0.25) is 0 Å². The summed E-state index contributed by atoms with van der Waals surface area (Å²) in [6, 6.07) is 41.8. The van der Waals surface area contributed by atoms with Gasteiger partial charge in [0, 0.05) is 0 Å². The number of hydrogen-bond acceptors (Lipinski definition) is 0. The maximum atomic E-state index is 2.36. The van der Waals surface area contributed by atoms with Gasteiger partial charge in [0.05, 0.1) is 0 Å². The largest absolute Gasteiger partial charge is 0.0622 e. The predicted octanol–water partition coefficient (Wildman–Crippen LogP) is 8.96. The lowest BCUT2D eigenvalue weighted by Gasteiger charge is -2.20. The molecular formula is C31H26. The Morgan fingerprint density at radius 3 is 1.65 bits per heavy atom. The molecule has 0 radical (unpaired) electrons. The summed E-state index contributed by atoms with van der Waals surface area (Å²) in [4.78, 5) is 0. The van der Waals surface area contributed by atoms with Crippen LogP contribution in [0.15, 0.2) is 115 Å². The minimum absolute atomic E-state index is 0.527. The first-order valence-corrected chi connectivity index (χ1v) is 11.0. The second-order valence-corrected chi connectivity index (χ2v) is 8.40. The molecule has 0 heteroatoms. The zero-order chi connectivity index (χ0) is 21.2. The van der Waals surface area contributed by atoms with Crippen LogP contribution >= 0.6 is 0 Å². The van der Waals surface area contributed by atoms with Crippen molar-refractivity contribution in [1.29, 1.82) is 0 Å². The zero-order valence-corrected chi connectivity index (χ0v) is 18.0. The summed E-state index contributed by atoms with van der Waals surface area (Å²) in [6.07, 6.45) is 0. The minimum Gasteiger partial charge on any atom is -0.0622 e. The Labute approximate surface area is 184 Å². The van der Waals surface area contributed by atoms with Gasteiger partial charge in [-0.05, 0) is 61.7 Å². The van der Waals surface area contributed by atoms with Crippen LogP contribution in [-0.4, -0.2) is 0 Å². The van der Waals surface area contributed by atoms with E-state index in [1.54, 1.807) is 0 Å². The second-order valence-electron chi connectivity index (χ2n) is 8.40. The van der Waals surface area contributed by atoms with Gasteiger partial charge in [0.2, 0.25) is 0 Å². The van der Waals surface area contributed by atoms with E-state index in [-0.39, 0.29) is 0 Å². The lowest BCUT2D eigenvalue weighted by Crippen LogP contribution is -1.94. The average Bonchev–Trinajstić information content (AvgIpc) is 2.84. The quantitative estimate of drug-likeness (QED) is 0.283.